The Hall–Kier alpha value is -15.6. The van der Waals surface area contributed by atoms with E-state index < -0.39 is 0 Å². The maximum Gasteiger partial charge on any atom is -0.00200 e. The summed E-state index contributed by atoms with van der Waals surface area (Å²) in [6, 6.07) is 167. The molecule has 0 saturated heterocycles. The number of benzene rings is 23. The number of fused-ring (bicyclic) bond motifs is 9. The van der Waals surface area contributed by atoms with Crippen molar-refractivity contribution < 1.29 is 0 Å². The minimum atomic E-state index is 1.24. The summed E-state index contributed by atoms with van der Waals surface area (Å²) in [5.74, 6) is 0. The first-order valence-corrected chi connectivity index (χ1v) is 43.9. The van der Waals surface area contributed by atoms with Crippen LogP contribution in [0.15, 0.2) is 461 Å². The van der Waals surface area contributed by atoms with Crippen LogP contribution in [0, 0.1) is 41.5 Å². The minimum absolute atomic E-state index is 1.24. The van der Waals surface area contributed by atoms with E-state index in [1.165, 1.54) is 242 Å². The Kier molecular flexibility index (Phi) is 21.7. The number of hydrogen-bond donors (Lipinski definition) is 0. The summed E-state index contributed by atoms with van der Waals surface area (Å²) in [6.07, 6.45) is 0. The van der Waals surface area contributed by atoms with Gasteiger partial charge in [-0.05, 0) is 261 Å². The zero-order valence-electron chi connectivity index (χ0n) is 71.9. The zero-order valence-corrected chi connectivity index (χ0v) is 71.9. The van der Waals surface area contributed by atoms with Crippen LogP contribution in [0.1, 0.15) is 33.4 Å². The fraction of sp³-hybridized carbons (Fsp3) is 0.0476. The largest absolute Gasteiger partial charge is 0.0622 e. The molecule has 0 nitrogen and oxygen atoms in total. The van der Waals surface area contributed by atoms with Crippen LogP contribution in [0.5, 0.6) is 0 Å². The molecule has 23 aromatic rings. The lowest BCUT2D eigenvalue weighted by Gasteiger charge is -2.19. The Morgan fingerprint density at radius 2 is 0.349 bits per heavy atom. The average molecular weight is 1610 g/mol. The molecule has 0 heteroatoms. The van der Waals surface area contributed by atoms with Crippen molar-refractivity contribution in [2.24, 2.45) is 0 Å². The Morgan fingerprint density at radius 1 is 0.119 bits per heavy atom. The summed E-state index contributed by atoms with van der Waals surface area (Å²) in [5, 5.41) is 23.5. The van der Waals surface area contributed by atoms with Gasteiger partial charge in [-0.2, -0.15) is 0 Å². The highest BCUT2D eigenvalue weighted by molar-refractivity contribution is 6.27. The van der Waals surface area contributed by atoms with E-state index in [4.69, 9.17) is 0 Å². The van der Waals surface area contributed by atoms with Crippen LogP contribution in [0.25, 0.3) is 208 Å². The monoisotopic (exact) mass is 1610 g/mol. The topological polar surface area (TPSA) is 0 Å². The lowest BCUT2D eigenvalue weighted by Crippen LogP contribution is -1.92. The molecule has 0 unspecified atom stereocenters. The molecule has 0 radical (unpaired) electrons. The Bertz CT molecular complexity index is 7970. The Morgan fingerprint density at radius 3 is 0.770 bits per heavy atom. The van der Waals surface area contributed by atoms with E-state index in [1.807, 2.05) is 0 Å². The molecule has 0 aromatic heterocycles. The Balaban J connectivity index is 0.000000106. The molecule has 598 valence electrons. The van der Waals surface area contributed by atoms with Crippen molar-refractivity contribution in [3.63, 3.8) is 0 Å². The summed E-state index contributed by atoms with van der Waals surface area (Å²) < 4.78 is 0. The van der Waals surface area contributed by atoms with Crippen LogP contribution in [-0.4, -0.2) is 0 Å². The SMILES string of the molecule is Cc1ccc(-c2c3ccccc3c(-c3ccc(C)cc3)c3c(C)cccc23)cc1.Cc1ccc2c(-c3ccc(-c4ccccc4)cc3)c3ccccc3c(-c3ccccc3)c2c1.Cc1ccc2c(-c3ccccc3)c3ccc(-c4ccccc4)cc3c(-c3ccccc3)c2c1.Cc1ccc2c(-c3ccccc3)c3ccccc3c(-c3cccc4ccccc34)c2c1. The molecule has 0 aliphatic rings. The van der Waals surface area contributed by atoms with Crippen LogP contribution in [0.2, 0.25) is 0 Å². The van der Waals surface area contributed by atoms with Gasteiger partial charge >= 0.3 is 0 Å². The molecular formula is C126H94. The number of hydrogen-bond acceptors (Lipinski definition) is 0. The molecule has 0 bridgehead atoms. The maximum atomic E-state index is 2.38. The van der Waals surface area contributed by atoms with Gasteiger partial charge in [-0.25, -0.2) is 0 Å². The molecule has 23 aromatic carbocycles. The van der Waals surface area contributed by atoms with E-state index in [-0.39, 0.29) is 0 Å². The van der Waals surface area contributed by atoms with Crippen molar-refractivity contribution in [2.75, 3.05) is 0 Å². The van der Waals surface area contributed by atoms with Crippen LogP contribution in [-0.2, 0) is 0 Å². The molecule has 0 N–H and O–H groups in total. The van der Waals surface area contributed by atoms with Gasteiger partial charge < -0.3 is 0 Å². The number of aryl methyl sites for hydroxylation is 6. The van der Waals surface area contributed by atoms with E-state index in [0.29, 0.717) is 0 Å². The van der Waals surface area contributed by atoms with Crippen LogP contribution < -0.4 is 0 Å². The van der Waals surface area contributed by atoms with Crippen molar-refractivity contribution in [2.45, 2.75) is 41.5 Å². The van der Waals surface area contributed by atoms with Crippen molar-refractivity contribution >= 4 is 97.0 Å². The molecule has 0 spiro atoms. The first-order valence-electron chi connectivity index (χ1n) is 43.9. The minimum Gasteiger partial charge on any atom is -0.0622 e. The highest BCUT2D eigenvalue weighted by Crippen LogP contribution is 2.51. The smallest absolute Gasteiger partial charge is 0.00200 e. The first kappa shape index (κ1) is 78.9. The van der Waals surface area contributed by atoms with Crippen molar-refractivity contribution in [3.8, 4) is 111 Å². The maximum absolute atomic E-state index is 2.38. The quantitative estimate of drug-likeness (QED) is 0.120. The molecule has 0 amide bonds. The van der Waals surface area contributed by atoms with E-state index in [0.717, 1.165) is 0 Å². The average Bonchev–Trinajstić information content (AvgIpc) is 0.742. The summed E-state index contributed by atoms with van der Waals surface area (Å²) in [6.45, 7) is 13.1. The van der Waals surface area contributed by atoms with Crippen LogP contribution >= 0.6 is 0 Å². The predicted octanol–water partition coefficient (Wildman–Crippen LogP) is 35.6. The van der Waals surface area contributed by atoms with Gasteiger partial charge in [0, 0.05) is 0 Å². The molecule has 23 rings (SSSR count). The van der Waals surface area contributed by atoms with Gasteiger partial charge in [-0.15, -0.1) is 0 Å². The van der Waals surface area contributed by atoms with E-state index in [1.54, 1.807) is 0 Å². The summed E-state index contributed by atoms with van der Waals surface area (Å²) in [4.78, 5) is 0. The summed E-state index contributed by atoms with van der Waals surface area (Å²) in [7, 11) is 0. The van der Waals surface area contributed by atoms with E-state index >= 15 is 0 Å². The van der Waals surface area contributed by atoms with Crippen LogP contribution in [0.3, 0.4) is 0 Å². The van der Waals surface area contributed by atoms with Crippen LogP contribution in [0.4, 0.5) is 0 Å². The molecule has 0 saturated carbocycles. The number of rotatable bonds is 10. The highest BCUT2D eigenvalue weighted by atomic mass is 14.3. The molecule has 0 aliphatic heterocycles. The second-order valence-electron chi connectivity index (χ2n) is 33.6. The first-order chi connectivity index (χ1) is 62.0. The third-order valence-electron chi connectivity index (χ3n) is 25.3. The summed E-state index contributed by atoms with van der Waals surface area (Å²) >= 11 is 0. The van der Waals surface area contributed by atoms with Gasteiger partial charge in [-0.1, -0.05) is 483 Å². The second-order valence-corrected chi connectivity index (χ2v) is 33.6. The predicted molar refractivity (Wildman–Crippen MR) is 546 cm³/mol. The van der Waals surface area contributed by atoms with Gasteiger partial charge in [0.05, 0.1) is 0 Å². The molecule has 0 aliphatic carbocycles. The summed E-state index contributed by atoms with van der Waals surface area (Å²) in [5.41, 5.74) is 33.4. The normalized spacial score (nSPS) is 11.3. The molecular weight excluding hydrogens is 1510 g/mol. The zero-order chi connectivity index (χ0) is 85.1. The molecule has 0 fully saturated rings. The fourth-order valence-electron chi connectivity index (χ4n) is 19.4. The second kappa shape index (κ2) is 34.7. The third kappa shape index (κ3) is 15.2. The van der Waals surface area contributed by atoms with Crippen molar-refractivity contribution in [1.29, 1.82) is 0 Å². The van der Waals surface area contributed by atoms with Gasteiger partial charge in [-0.3, -0.25) is 0 Å². The lowest BCUT2D eigenvalue weighted by molar-refractivity contribution is 1.47. The van der Waals surface area contributed by atoms with E-state index in [9.17, 15) is 0 Å². The molecule has 0 heterocycles. The third-order valence-corrected chi connectivity index (χ3v) is 25.3. The molecule has 126 heavy (non-hydrogen) atoms. The van der Waals surface area contributed by atoms with Gasteiger partial charge in [0.2, 0.25) is 0 Å². The molecule has 0 atom stereocenters. The highest BCUT2D eigenvalue weighted by Gasteiger charge is 2.24. The van der Waals surface area contributed by atoms with Crippen molar-refractivity contribution in [1.82, 2.24) is 0 Å². The van der Waals surface area contributed by atoms with Crippen molar-refractivity contribution in [3.05, 3.63) is 494 Å². The fourth-order valence-corrected chi connectivity index (χ4v) is 19.4. The standard InChI is InChI=1S/2C33H24.C31H22.C29H24/c1-23-17-19-28-30(21-23)33(26-15-9-4-10-16-26)31-22-27(24-11-5-2-6-12-24)18-20-29(31)32(28)25-13-7-3-8-14-25;1-23-16-21-30-31(22-23)33(26-12-6-3-7-13-26)29-15-9-8-14-28(29)32(30)27-19-17-25(18-20-27)24-10-4-2-5-11-24;1-21-18-19-28-29(20-21)31(25-17-9-13-22-10-5-6-14-24(22)25)27-16-8-7-15-26(27)30(28)23-11-3-2-4-12-23;1-19-11-15-22(16-12-19)28-24-8-4-5-9-25(24)29(23-17-13-20(2)14-18-23)27-21(3)7-6-10-26(27)28/h2*2-22H,1H3;2-20H,1H3;4-18H,1-3H3. The lowest BCUT2D eigenvalue weighted by atomic mass is 9.84. The van der Waals surface area contributed by atoms with Gasteiger partial charge in [0.15, 0.2) is 0 Å². The van der Waals surface area contributed by atoms with E-state index in [2.05, 4.69) is 503 Å². The Labute approximate surface area is 739 Å². The van der Waals surface area contributed by atoms with Gasteiger partial charge in [0.25, 0.3) is 0 Å². The van der Waals surface area contributed by atoms with Gasteiger partial charge in [0.1, 0.15) is 0 Å².